The molecule has 0 aromatic carbocycles. The van der Waals surface area contributed by atoms with Crippen molar-refractivity contribution in [2.24, 2.45) is 0 Å². The first-order valence-corrected chi connectivity index (χ1v) is 6.05. The third-order valence-corrected chi connectivity index (χ3v) is 2.71. The van der Waals surface area contributed by atoms with E-state index in [4.69, 9.17) is 11.6 Å². The summed E-state index contributed by atoms with van der Waals surface area (Å²) in [5.74, 6) is 1.83. The molecule has 0 fully saturated rings. The van der Waals surface area contributed by atoms with Gasteiger partial charge >= 0.3 is 0 Å². The number of aromatic nitrogens is 4. The second-order valence-corrected chi connectivity index (χ2v) is 4.51. The molecule has 17 heavy (non-hydrogen) atoms. The SMILES string of the molecule is CCn1ccnc1-c1cc(Cl)nc(C(C)C)n1. The summed E-state index contributed by atoms with van der Waals surface area (Å²) in [4.78, 5) is 13.0. The van der Waals surface area contributed by atoms with Crippen LogP contribution in [0.3, 0.4) is 0 Å². The summed E-state index contributed by atoms with van der Waals surface area (Å²) in [6, 6.07) is 1.75. The molecule has 0 bridgehead atoms. The van der Waals surface area contributed by atoms with Gasteiger partial charge in [-0.3, -0.25) is 0 Å². The highest BCUT2D eigenvalue weighted by atomic mass is 35.5. The van der Waals surface area contributed by atoms with Crippen LogP contribution in [0.2, 0.25) is 5.15 Å². The molecule has 2 aromatic heterocycles. The molecule has 4 nitrogen and oxygen atoms in total. The Morgan fingerprint density at radius 3 is 2.76 bits per heavy atom. The fourth-order valence-corrected chi connectivity index (χ4v) is 1.80. The second-order valence-electron chi connectivity index (χ2n) is 4.13. The van der Waals surface area contributed by atoms with Crippen LogP contribution in [0.5, 0.6) is 0 Å². The normalized spacial score (nSPS) is 11.1. The third-order valence-electron chi connectivity index (χ3n) is 2.51. The van der Waals surface area contributed by atoms with Crippen molar-refractivity contribution >= 4 is 11.6 Å². The molecule has 0 unspecified atom stereocenters. The predicted molar refractivity (Wildman–Crippen MR) is 68.0 cm³/mol. The Balaban J connectivity index is 2.52. The zero-order chi connectivity index (χ0) is 12.4. The molecule has 0 N–H and O–H groups in total. The van der Waals surface area contributed by atoms with Crippen molar-refractivity contribution in [3.63, 3.8) is 0 Å². The van der Waals surface area contributed by atoms with E-state index in [1.807, 2.05) is 24.6 Å². The summed E-state index contributed by atoms with van der Waals surface area (Å²) in [7, 11) is 0. The Morgan fingerprint density at radius 2 is 2.12 bits per heavy atom. The summed E-state index contributed by atoms with van der Waals surface area (Å²) in [5.41, 5.74) is 0.778. The van der Waals surface area contributed by atoms with Crippen LogP contribution in [-0.4, -0.2) is 19.5 Å². The smallest absolute Gasteiger partial charge is 0.158 e. The largest absolute Gasteiger partial charge is 0.330 e. The average Bonchev–Trinajstić information content (AvgIpc) is 2.76. The number of hydrogen-bond acceptors (Lipinski definition) is 3. The average molecular weight is 251 g/mol. The van der Waals surface area contributed by atoms with Gasteiger partial charge < -0.3 is 4.57 Å². The van der Waals surface area contributed by atoms with Crippen LogP contribution >= 0.6 is 11.6 Å². The van der Waals surface area contributed by atoms with Crippen LogP contribution in [0.1, 0.15) is 32.5 Å². The summed E-state index contributed by atoms with van der Waals surface area (Å²) in [5, 5.41) is 0.462. The van der Waals surface area contributed by atoms with Crippen LogP contribution in [0, 0.1) is 0 Å². The highest BCUT2D eigenvalue weighted by molar-refractivity contribution is 6.29. The number of nitrogens with zero attached hydrogens (tertiary/aromatic N) is 4. The zero-order valence-corrected chi connectivity index (χ0v) is 10.9. The molecule has 0 aliphatic heterocycles. The van der Waals surface area contributed by atoms with Gasteiger partial charge in [0.15, 0.2) is 5.82 Å². The van der Waals surface area contributed by atoms with Crippen LogP contribution in [0.4, 0.5) is 0 Å². The Labute approximate surface area is 106 Å². The van der Waals surface area contributed by atoms with Crippen LogP contribution < -0.4 is 0 Å². The van der Waals surface area contributed by atoms with Gasteiger partial charge in [0.05, 0.1) is 0 Å². The van der Waals surface area contributed by atoms with Gasteiger partial charge in [-0.1, -0.05) is 25.4 Å². The molecular weight excluding hydrogens is 236 g/mol. The number of aryl methyl sites for hydroxylation is 1. The number of imidazole rings is 1. The Morgan fingerprint density at radius 1 is 1.35 bits per heavy atom. The highest BCUT2D eigenvalue weighted by Crippen LogP contribution is 2.21. The van der Waals surface area contributed by atoms with E-state index in [2.05, 4.69) is 21.9 Å². The lowest BCUT2D eigenvalue weighted by molar-refractivity contribution is 0.752. The van der Waals surface area contributed by atoms with Gasteiger partial charge in [-0.05, 0) is 6.92 Å². The quantitative estimate of drug-likeness (QED) is 0.786. The lowest BCUT2D eigenvalue weighted by atomic mass is 10.2. The number of rotatable bonds is 3. The minimum absolute atomic E-state index is 0.248. The summed E-state index contributed by atoms with van der Waals surface area (Å²) in [6.07, 6.45) is 3.70. The lowest BCUT2D eigenvalue weighted by Crippen LogP contribution is -2.03. The molecule has 2 rings (SSSR count). The predicted octanol–water partition coefficient (Wildman–Crippen LogP) is 3.14. The minimum atomic E-state index is 0.248. The monoisotopic (exact) mass is 250 g/mol. The van der Waals surface area contributed by atoms with Crippen molar-refractivity contribution < 1.29 is 0 Å². The first kappa shape index (κ1) is 12.0. The molecule has 2 heterocycles. The molecule has 2 aromatic rings. The van der Waals surface area contributed by atoms with E-state index in [0.717, 1.165) is 23.9 Å². The van der Waals surface area contributed by atoms with E-state index in [1.54, 1.807) is 12.3 Å². The minimum Gasteiger partial charge on any atom is -0.330 e. The van der Waals surface area contributed by atoms with Crippen LogP contribution in [0.15, 0.2) is 18.5 Å². The number of halogens is 1. The van der Waals surface area contributed by atoms with Crippen molar-refractivity contribution in [3.05, 3.63) is 29.4 Å². The molecule has 0 aliphatic carbocycles. The van der Waals surface area contributed by atoms with Crippen LogP contribution in [-0.2, 0) is 6.54 Å². The van der Waals surface area contributed by atoms with Gasteiger partial charge in [-0.25, -0.2) is 15.0 Å². The summed E-state index contributed by atoms with van der Waals surface area (Å²) < 4.78 is 2.03. The Hall–Kier alpha value is -1.42. The maximum atomic E-state index is 6.02. The maximum Gasteiger partial charge on any atom is 0.158 e. The standard InChI is InChI=1S/C12H15ClN4/c1-4-17-6-5-14-12(17)9-7-10(13)16-11(15-9)8(2)3/h5-8H,4H2,1-3H3. The summed E-state index contributed by atoms with van der Waals surface area (Å²) in [6.45, 7) is 7.01. The molecule has 0 aliphatic rings. The van der Waals surface area contributed by atoms with E-state index in [9.17, 15) is 0 Å². The van der Waals surface area contributed by atoms with Gasteiger partial charge in [-0.2, -0.15) is 0 Å². The van der Waals surface area contributed by atoms with E-state index < -0.39 is 0 Å². The molecule has 0 spiro atoms. The van der Waals surface area contributed by atoms with Crippen molar-refractivity contribution in [1.29, 1.82) is 0 Å². The third kappa shape index (κ3) is 2.47. The zero-order valence-electron chi connectivity index (χ0n) is 10.2. The van der Waals surface area contributed by atoms with E-state index in [-0.39, 0.29) is 5.92 Å². The Kier molecular flexibility index (Phi) is 3.43. The lowest BCUT2D eigenvalue weighted by Gasteiger charge is -2.08. The van der Waals surface area contributed by atoms with Gasteiger partial charge in [0.2, 0.25) is 0 Å². The first-order chi connectivity index (χ1) is 8.11. The van der Waals surface area contributed by atoms with Crippen molar-refractivity contribution in [2.45, 2.75) is 33.2 Å². The molecule has 0 atom stereocenters. The molecular formula is C12H15ClN4. The van der Waals surface area contributed by atoms with Gasteiger partial charge in [0, 0.05) is 30.9 Å². The molecule has 0 saturated carbocycles. The highest BCUT2D eigenvalue weighted by Gasteiger charge is 2.11. The molecule has 0 saturated heterocycles. The molecule has 90 valence electrons. The van der Waals surface area contributed by atoms with E-state index in [0.29, 0.717) is 5.15 Å². The van der Waals surface area contributed by atoms with Crippen molar-refractivity contribution in [1.82, 2.24) is 19.5 Å². The fraction of sp³-hybridized carbons (Fsp3) is 0.417. The van der Waals surface area contributed by atoms with Crippen molar-refractivity contribution in [3.8, 4) is 11.5 Å². The summed E-state index contributed by atoms with van der Waals surface area (Å²) >= 11 is 6.02. The van der Waals surface area contributed by atoms with Gasteiger partial charge in [0.25, 0.3) is 0 Å². The second kappa shape index (κ2) is 4.84. The molecule has 0 amide bonds. The van der Waals surface area contributed by atoms with Crippen LogP contribution in [0.25, 0.3) is 11.5 Å². The molecule has 5 heteroatoms. The van der Waals surface area contributed by atoms with Crippen molar-refractivity contribution in [2.75, 3.05) is 0 Å². The van der Waals surface area contributed by atoms with Gasteiger partial charge in [0.1, 0.15) is 16.7 Å². The Bertz CT molecular complexity index is 519. The maximum absolute atomic E-state index is 6.02. The van der Waals surface area contributed by atoms with E-state index >= 15 is 0 Å². The van der Waals surface area contributed by atoms with Gasteiger partial charge in [-0.15, -0.1) is 0 Å². The number of hydrogen-bond donors (Lipinski definition) is 0. The topological polar surface area (TPSA) is 43.6 Å². The first-order valence-electron chi connectivity index (χ1n) is 5.67. The van der Waals surface area contributed by atoms with E-state index in [1.165, 1.54) is 0 Å². The fourth-order valence-electron chi connectivity index (χ4n) is 1.61. The molecule has 0 radical (unpaired) electrons.